The second-order valence-electron chi connectivity index (χ2n) is 5.48. The van der Waals surface area contributed by atoms with Crippen LogP contribution < -0.4 is 5.56 Å². The SMILES string of the molecule is CN1CCC2(CC1)N(C)C(=O)c1c(Cl)cc(Br)c(=O)n12. The Morgan fingerprint density at radius 1 is 1.25 bits per heavy atom. The third kappa shape index (κ3) is 1.71. The minimum atomic E-state index is -0.580. The second kappa shape index (κ2) is 4.58. The lowest BCUT2D eigenvalue weighted by Gasteiger charge is -2.43. The number of piperidine rings is 1. The first-order chi connectivity index (χ1) is 9.38. The van der Waals surface area contributed by atoms with Crippen LogP contribution in [0, 0.1) is 0 Å². The van der Waals surface area contributed by atoms with E-state index in [4.69, 9.17) is 11.6 Å². The van der Waals surface area contributed by atoms with Crippen molar-refractivity contribution in [3.63, 3.8) is 0 Å². The first-order valence-corrected chi connectivity index (χ1v) is 7.64. The van der Waals surface area contributed by atoms with Gasteiger partial charge in [-0.05, 0) is 29.0 Å². The predicted molar refractivity (Wildman–Crippen MR) is 80.2 cm³/mol. The minimum Gasteiger partial charge on any atom is -0.317 e. The summed E-state index contributed by atoms with van der Waals surface area (Å²) >= 11 is 9.43. The molecule has 1 aromatic rings. The molecule has 108 valence electrons. The number of carbonyl (C=O) groups is 1. The molecular weight excluding hydrogens is 346 g/mol. The van der Waals surface area contributed by atoms with Gasteiger partial charge in [0.05, 0.1) is 9.50 Å². The zero-order valence-corrected chi connectivity index (χ0v) is 13.7. The molecule has 0 atom stereocenters. The molecule has 3 heterocycles. The molecule has 0 unspecified atom stereocenters. The number of nitrogens with zero attached hydrogens (tertiary/aromatic N) is 3. The number of hydrogen-bond acceptors (Lipinski definition) is 3. The summed E-state index contributed by atoms with van der Waals surface area (Å²) in [5, 5.41) is 0.323. The van der Waals surface area contributed by atoms with Crippen LogP contribution in [0.5, 0.6) is 0 Å². The number of pyridine rings is 1. The number of carbonyl (C=O) groups excluding carboxylic acids is 1. The highest BCUT2D eigenvalue weighted by molar-refractivity contribution is 9.10. The summed E-state index contributed by atoms with van der Waals surface area (Å²) in [5.41, 5.74) is -0.456. The number of fused-ring (bicyclic) bond motifs is 2. The highest BCUT2D eigenvalue weighted by atomic mass is 79.9. The molecular formula is C13H15BrClN3O2. The Morgan fingerprint density at radius 2 is 1.85 bits per heavy atom. The summed E-state index contributed by atoms with van der Waals surface area (Å²) in [4.78, 5) is 28.9. The van der Waals surface area contributed by atoms with E-state index in [1.54, 1.807) is 16.5 Å². The number of aromatic nitrogens is 1. The topological polar surface area (TPSA) is 45.6 Å². The zero-order valence-electron chi connectivity index (χ0n) is 11.3. The van der Waals surface area contributed by atoms with E-state index in [1.807, 2.05) is 7.05 Å². The second-order valence-corrected chi connectivity index (χ2v) is 6.74. The Labute approximate surface area is 130 Å². The van der Waals surface area contributed by atoms with Crippen molar-refractivity contribution in [2.75, 3.05) is 27.2 Å². The molecule has 1 spiro atoms. The maximum atomic E-state index is 12.5. The van der Waals surface area contributed by atoms with Crippen molar-refractivity contribution < 1.29 is 4.79 Å². The minimum absolute atomic E-state index is 0.177. The van der Waals surface area contributed by atoms with Gasteiger partial charge in [0.1, 0.15) is 11.4 Å². The highest BCUT2D eigenvalue weighted by Gasteiger charge is 2.50. The van der Waals surface area contributed by atoms with Crippen molar-refractivity contribution in [1.29, 1.82) is 0 Å². The number of amides is 1. The average molecular weight is 361 g/mol. The molecule has 0 radical (unpaired) electrons. The van der Waals surface area contributed by atoms with Crippen LogP contribution >= 0.6 is 27.5 Å². The van der Waals surface area contributed by atoms with Crippen LogP contribution in [0.3, 0.4) is 0 Å². The Kier molecular flexibility index (Phi) is 3.23. The number of likely N-dealkylation sites (tertiary alicyclic amines) is 1. The van der Waals surface area contributed by atoms with E-state index in [9.17, 15) is 9.59 Å². The molecule has 0 saturated carbocycles. The first kappa shape index (κ1) is 14.1. The van der Waals surface area contributed by atoms with E-state index >= 15 is 0 Å². The molecule has 3 rings (SSSR count). The van der Waals surface area contributed by atoms with Gasteiger partial charge in [-0.15, -0.1) is 0 Å². The molecule has 2 aliphatic heterocycles. The van der Waals surface area contributed by atoms with Crippen LogP contribution in [-0.4, -0.2) is 47.5 Å². The standard InChI is InChI=1S/C13H15BrClN3O2/c1-16-5-3-13(4-6-16)17(2)12(20)10-9(15)7-8(14)11(19)18(10)13/h7H,3-6H2,1-2H3. The summed E-state index contributed by atoms with van der Waals surface area (Å²) in [6, 6.07) is 1.51. The van der Waals surface area contributed by atoms with Crippen molar-refractivity contribution in [2.45, 2.75) is 18.5 Å². The Hall–Kier alpha value is -0.850. The maximum Gasteiger partial charge on any atom is 0.273 e. The van der Waals surface area contributed by atoms with Gasteiger partial charge in [0.15, 0.2) is 0 Å². The predicted octanol–water partition coefficient (Wildman–Crippen LogP) is 1.73. The lowest BCUT2D eigenvalue weighted by molar-refractivity contribution is 0.0106. The molecule has 1 saturated heterocycles. The highest BCUT2D eigenvalue weighted by Crippen LogP contribution is 2.40. The van der Waals surface area contributed by atoms with Crippen molar-refractivity contribution >= 4 is 33.4 Å². The van der Waals surface area contributed by atoms with E-state index in [0.29, 0.717) is 15.2 Å². The van der Waals surface area contributed by atoms with E-state index in [-0.39, 0.29) is 11.5 Å². The summed E-state index contributed by atoms with van der Waals surface area (Å²) < 4.78 is 1.99. The third-order valence-electron chi connectivity index (χ3n) is 4.45. The Morgan fingerprint density at radius 3 is 2.45 bits per heavy atom. The largest absolute Gasteiger partial charge is 0.317 e. The van der Waals surface area contributed by atoms with E-state index in [0.717, 1.165) is 25.9 Å². The smallest absolute Gasteiger partial charge is 0.273 e. The van der Waals surface area contributed by atoms with Gasteiger partial charge >= 0.3 is 0 Å². The van der Waals surface area contributed by atoms with Crippen molar-refractivity contribution in [3.05, 3.63) is 31.6 Å². The fourth-order valence-corrected chi connectivity index (χ4v) is 4.00. The lowest BCUT2D eigenvalue weighted by Crippen LogP contribution is -2.54. The fourth-order valence-electron chi connectivity index (χ4n) is 3.18. The molecule has 0 N–H and O–H groups in total. The lowest BCUT2D eigenvalue weighted by atomic mass is 9.96. The Bertz CT molecular complexity index is 650. The van der Waals surface area contributed by atoms with Crippen LogP contribution in [0.2, 0.25) is 5.02 Å². The molecule has 0 bridgehead atoms. The molecule has 1 fully saturated rings. The van der Waals surface area contributed by atoms with E-state index in [1.165, 1.54) is 6.07 Å². The summed E-state index contributed by atoms with van der Waals surface area (Å²) in [5.74, 6) is -0.177. The number of rotatable bonds is 0. The fraction of sp³-hybridized carbons (Fsp3) is 0.538. The molecule has 1 aromatic heterocycles. The Balaban J connectivity index is 2.27. The molecule has 1 amide bonds. The van der Waals surface area contributed by atoms with Crippen LogP contribution in [0.15, 0.2) is 15.3 Å². The van der Waals surface area contributed by atoms with Gasteiger partial charge in [-0.1, -0.05) is 11.6 Å². The van der Waals surface area contributed by atoms with E-state index < -0.39 is 5.66 Å². The van der Waals surface area contributed by atoms with Gasteiger partial charge in [0, 0.05) is 33.0 Å². The zero-order chi connectivity index (χ0) is 14.7. The first-order valence-electron chi connectivity index (χ1n) is 6.47. The van der Waals surface area contributed by atoms with Crippen LogP contribution in [0.25, 0.3) is 0 Å². The van der Waals surface area contributed by atoms with Gasteiger partial charge in [0.25, 0.3) is 11.5 Å². The van der Waals surface area contributed by atoms with Gasteiger partial charge in [-0.3, -0.25) is 14.2 Å². The number of halogens is 2. The molecule has 7 heteroatoms. The van der Waals surface area contributed by atoms with Gasteiger partial charge in [-0.2, -0.15) is 0 Å². The average Bonchev–Trinajstić information content (AvgIpc) is 2.62. The van der Waals surface area contributed by atoms with E-state index in [2.05, 4.69) is 20.8 Å². The van der Waals surface area contributed by atoms with Gasteiger partial charge in [-0.25, -0.2) is 0 Å². The molecule has 0 aliphatic carbocycles. The molecule has 20 heavy (non-hydrogen) atoms. The van der Waals surface area contributed by atoms with Crippen LogP contribution in [0.4, 0.5) is 0 Å². The summed E-state index contributed by atoms with van der Waals surface area (Å²) in [6.07, 6.45) is 1.46. The normalized spacial score (nSPS) is 21.6. The summed E-state index contributed by atoms with van der Waals surface area (Å²) in [7, 11) is 3.80. The third-order valence-corrected chi connectivity index (χ3v) is 5.30. The van der Waals surface area contributed by atoms with Crippen LogP contribution in [-0.2, 0) is 5.66 Å². The quantitative estimate of drug-likeness (QED) is 0.708. The molecule has 5 nitrogen and oxygen atoms in total. The van der Waals surface area contributed by atoms with Gasteiger partial charge in [0.2, 0.25) is 0 Å². The summed E-state index contributed by atoms with van der Waals surface area (Å²) in [6.45, 7) is 1.68. The van der Waals surface area contributed by atoms with Gasteiger partial charge < -0.3 is 9.80 Å². The number of hydrogen-bond donors (Lipinski definition) is 0. The molecule has 2 aliphatic rings. The maximum absolute atomic E-state index is 12.5. The van der Waals surface area contributed by atoms with Crippen LogP contribution in [0.1, 0.15) is 23.3 Å². The van der Waals surface area contributed by atoms with Crippen molar-refractivity contribution in [3.8, 4) is 0 Å². The van der Waals surface area contributed by atoms with Crippen molar-refractivity contribution in [2.24, 2.45) is 0 Å². The monoisotopic (exact) mass is 359 g/mol. The van der Waals surface area contributed by atoms with Crippen molar-refractivity contribution in [1.82, 2.24) is 14.4 Å². The molecule has 0 aromatic carbocycles.